The van der Waals surface area contributed by atoms with Gasteiger partial charge < -0.3 is 10.2 Å². The van der Waals surface area contributed by atoms with E-state index in [1.54, 1.807) is 6.20 Å². The third-order valence-electron chi connectivity index (χ3n) is 4.64. The van der Waals surface area contributed by atoms with Gasteiger partial charge in [0, 0.05) is 13.1 Å². The molecule has 130 valence electrons. The first kappa shape index (κ1) is 18.5. The predicted molar refractivity (Wildman–Crippen MR) is 98.1 cm³/mol. The highest BCUT2D eigenvalue weighted by molar-refractivity contribution is 5.95. The van der Waals surface area contributed by atoms with Gasteiger partial charge in [0.2, 0.25) is 0 Å². The molecule has 0 spiro atoms. The molecular weight excluding hydrogens is 324 g/mol. The molecule has 0 radical (unpaired) electrons. The molecule has 2 aromatic rings. The van der Waals surface area contributed by atoms with Crippen LogP contribution in [-0.2, 0) is 0 Å². The molecule has 1 aliphatic heterocycles. The second-order valence-electron chi connectivity index (χ2n) is 6.18. The predicted octanol–water partition coefficient (Wildman–Crippen LogP) is 2.67. The lowest BCUT2D eigenvalue weighted by atomic mass is 9.96. The van der Waals surface area contributed by atoms with Crippen LogP contribution in [0.25, 0.3) is 5.69 Å². The number of rotatable bonds is 4. The van der Waals surface area contributed by atoms with E-state index in [9.17, 15) is 4.79 Å². The lowest BCUT2D eigenvalue weighted by Crippen LogP contribution is -2.40. The number of hydrogen-bond donors (Lipinski definition) is 1. The number of halogens is 1. The van der Waals surface area contributed by atoms with E-state index in [1.165, 1.54) is 0 Å². The zero-order chi connectivity index (χ0) is 16.2. The number of hydrogen-bond acceptors (Lipinski definition) is 3. The van der Waals surface area contributed by atoms with Crippen molar-refractivity contribution in [3.05, 3.63) is 47.8 Å². The molecule has 6 heteroatoms. The fourth-order valence-electron chi connectivity index (χ4n) is 3.25. The minimum atomic E-state index is 0. The molecule has 1 fully saturated rings. The van der Waals surface area contributed by atoms with E-state index in [0.717, 1.165) is 43.9 Å². The Bertz CT molecular complexity index is 663. The van der Waals surface area contributed by atoms with Crippen molar-refractivity contribution in [2.24, 2.45) is 5.92 Å². The first-order valence-corrected chi connectivity index (χ1v) is 8.24. The third kappa shape index (κ3) is 3.79. The molecule has 0 aliphatic carbocycles. The molecule has 3 rings (SSSR count). The molecule has 1 saturated heterocycles. The number of benzene rings is 1. The quantitative estimate of drug-likeness (QED) is 0.924. The molecule has 0 saturated carbocycles. The Kier molecular flexibility index (Phi) is 6.40. The van der Waals surface area contributed by atoms with Crippen molar-refractivity contribution in [2.45, 2.75) is 19.8 Å². The Morgan fingerprint density at radius 1 is 1.25 bits per heavy atom. The van der Waals surface area contributed by atoms with E-state index >= 15 is 0 Å². The van der Waals surface area contributed by atoms with Gasteiger partial charge in [-0.05, 0) is 51.4 Å². The summed E-state index contributed by atoms with van der Waals surface area (Å²) in [6.07, 6.45) is 3.83. The van der Waals surface area contributed by atoms with Crippen LogP contribution in [0.4, 0.5) is 0 Å². The first-order chi connectivity index (χ1) is 11.2. The zero-order valence-corrected chi connectivity index (χ0v) is 15.1. The minimum Gasteiger partial charge on any atom is -0.339 e. The van der Waals surface area contributed by atoms with Crippen LogP contribution in [-0.4, -0.2) is 47.3 Å². The van der Waals surface area contributed by atoms with Crippen molar-refractivity contribution in [3.63, 3.8) is 0 Å². The van der Waals surface area contributed by atoms with Crippen molar-refractivity contribution in [1.29, 1.82) is 0 Å². The Morgan fingerprint density at radius 3 is 2.54 bits per heavy atom. The van der Waals surface area contributed by atoms with E-state index in [2.05, 4.69) is 10.4 Å². The van der Waals surface area contributed by atoms with Crippen molar-refractivity contribution in [3.8, 4) is 5.69 Å². The van der Waals surface area contributed by atoms with Crippen LogP contribution < -0.4 is 5.32 Å². The number of nitrogens with one attached hydrogen (secondary N) is 1. The summed E-state index contributed by atoms with van der Waals surface area (Å²) in [4.78, 5) is 14.8. The second-order valence-corrected chi connectivity index (χ2v) is 6.18. The van der Waals surface area contributed by atoms with Crippen molar-refractivity contribution < 1.29 is 4.79 Å². The Morgan fingerprint density at radius 2 is 1.92 bits per heavy atom. The smallest absolute Gasteiger partial charge is 0.257 e. The average Bonchev–Trinajstić information content (AvgIpc) is 2.97. The maximum absolute atomic E-state index is 12.8. The maximum atomic E-state index is 12.8. The van der Waals surface area contributed by atoms with Gasteiger partial charge in [0.15, 0.2) is 0 Å². The van der Waals surface area contributed by atoms with E-state index in [0.29, 0.717) is 11.5 Å². The van der Waals surface area contributed by atoms with Crippen LogP contribution in [0.2, 0.25) is 0 Å². The van der Waals surface area contributed by atoms with Gasteiger partial charge in [0.25, 0.3) is 5.91 Å². The summed E-state index contributed by atoms with van der Waals surface area (Å²) < 4.78 is 1.83. The molecule has 1 amide bonds. The number of carbonyl (C=O) groups is 1. The summed E-state index contributed by atoms with van der Waals surface area (Å²) in [5.74, 6) is 0.782. The fraction of sp³-hybridized carbons (Fsp3) is 0.444. The number of nitrogens with zero attached hydrogens (tertiary/aromatic N) is 3. The fourth-order valence-corrected chi connectivity index (χ4v) is 3.25. The third-order valence-corrected chi connectivity index (χ3v) is 4.64. The van der Waals surface area contributed by atoms with E-state index in [4.69, 9.17) is 0 Å². The lowest BCUT2D eigenvalue weighted by molar-refractivity contribution is 0.0690. The molecule has 2 heterocycles. The van der Waals surface area contributed by atoms with Gasteiger partial charge in [-0.25, -0.2) is 4.68 Å². The monoisotopic (exact) mass is 348 g/mol. The topological polar surface area (TPSA) is 50.2 Å². The minimum absolute atomic E-state index is 0. The van der Waals surface area contributed by atoms with Crippen molar-refractivity contribution >= 4 is 18.3 Å². The van der Waals surface area contributed by atoms with Crippen LogP contribution in [0, 0.1) is 12.8 Å². The van der Waals surface area contributed by atoms with E-state index in [1.807, 2.05) is 53.9 Å². The summed E-state index contributed by atoms with van der Waals surface area (Å²) in [7, 11) is 1.98. The maximum Gasteiger partial charge on any atom is 0.257 e. The number of para-hydroxylation sites is 1. The molecule has 1 aromatic heterocycles. The van der Waals surface area contributed by atoms with Gasteiger partial charge in [0.1, 0.15) is 0 Å². The Hall–Kier alpha value is -1.85. The molecular formula is C18H25ClN4O. The molecule has 24 heavy (non-hydrogen) atoms. The van der Waals surface area contributed by atoms with Gasteiger partial charge in [-0.3, -0.25) is 4.79 Å². The molecule has 1 aromatic carbocycles. The normalized spacial score (nSPS) is 15.2. The highest BCUT2D eigenvalue weighted by Gasteiger charge is 2.25. The van der Waals surface area contributed by atoms with Crippen molar-refractivity contribution in [2.75, 3.05) is 26.7 Å². The number of likely N-dealkylation sites (tertiary alicyclic amines) is 1. The second kappa shape index (κ2) is 8.31. The van der Waals surface area contributed by atoms with Gasteiger partial charge in [-0.15, -0.1) is 12.4 Å². The van der Waals surface area contributed by atoms with Crippen molar-refractivity contribution in [1.82, 2.24) is 20.0 Å². The Labute approximate surface area is 149 Å². The highest BCUT2D eigenvalue weighted by Crippen LogP contribution is 2.21. The van der Waals surface area contributed by atoms with Gasteiger partial charge in [0.05, 0.1) is 23.1 Å². The molecule has 0 bridgehead atoms. The first-order valence-electron chi connectivity index (χ1n) is 8.24. The number of amides is 1. The van der Waals surface area contributed by atoms with Gasteiger partial charge >= 0.3 is 0 Å². The summed E-state index contributed by atoms with van der Waals surface area (Å²) in [6, 6.07) is 9.92. The highest BCUT2D eigenvalue weighted by atomic mass is 35.5. The average molecular weight is 349 g/mol. The zero-order valence-electron chi connectivity index (χ0n) is 14.2. The number of aromatic nitrogens is 2. The summed E-state index contributed by atoms with van der Waals surface area (Å²) >= 11 is 0. The number of piperidine rings is 1. The lowest BCUT2D eigenvalue weighted by Gasteiger charge is -2.31. The number of carbonyl (C=O) groups excluding carboxylic acids is 1. The summed E-state index contributed by atoms with van der Waals surface area (Å²) in [5.41, 5.74) is 2.59. The molecule has 5 nitrogen and oxygen atoms in total. The molecule has 1 N–H and O–H groups in total. The van der Waals surface area contributed by atoms with E-state index in [-0.39, 0.29) is 18.3 Å². The molecule has 0 atom stereocenters. The van der Waals surface area contributed by atoms with Crippen LogP contribution in [0.15, 0.2) is 36.5 Å². The van der Waals surface area contributed by atoms with Crippen LogP contribution >= 0.6 is 12.4 Å². The Balaban J connectivity index is 0.00000208. The van der Waals surface area contributed by atoms with Crippen LogP contribution in [0.5, 0.6) is 0 Å². The SMILES string of the molecule is CNCC1CCN(C(=O)c2cnn(-c3ccccc3)c2C)CC1.Cl. The van der Waals surface area contributed by atoms with Crippen LogP contribution in [0.1, 0.15) is 28.9 Å². The largest absolute Gasteiger partial charge is 0.339 e. The van der Waals surface area contributed by atoms with Gasteiger partial charge in [-0.2, -0.15) is 5.10 Å². The molecule has 0 unspecified atom stereocenters. The summed E-state index contributed by atoms with van der Waals surface area (Å²) in [6.45, 7) is 4.66. The summed E-state index contributed by atoms with van der Waals surface area (Å²) in [5, 5.41) is 7.63. The molecule has 1 aliphatic rings. The standard InChI is InChI=1S/C18H24N4O.ClH/c1-14-17(13-20-22(14)16-6-4-3-5-7-16)18(23)21-10-8-15(9-11-21)12-19-2;/h3-7,13,15,19H,8-12H2,1-2H3;1H. The van der Waals surface area contributed by atoms with Gasteiger partial charge in [-0.1, -0.05) is 18.2 Å². The van der Waals surface area contributed by atoms with Crippen LogP contribution in [0.3, 0.4) is 0 Å². The van der Waals surface area contributed by atoms with E-state index < -0.39 is 0 Å².